The van der Waals surface area contributed by atoms with Crippen LogP contribution >= 0.6 is 22.9 Å². The number of aromatic nitrogens is 2. The molecule has 1 aromatic carbocycles. The third-order valence-electron chi connectivity index (χ3n) is 3.16. The van der Waals surface area contributed by atoms with Crippen LogP contribution < -0.4 is 10.9 Å². The van der Waals surface area contributed by atoms with Crippen molar-refractivity contribution in [1.29, 1.82) is 0 Å². The summed E-state index contributed by atoms with van der Waals surface area (Å²) in [6.45, 7) is 0. The molecule has 122 valence electrons. The third kappa shape index (κ3) is 3.81. The highest BCUT2D eigenvalue weighted by atomic mass is 35.5. The van der Waals surface area contributed by atoms with E-state index in [-0.39, 0.29) is 12.3 Å². The molecule has 0 saturated carbocycles. The Balaban J connectivity index is 1.58. The lowest BCUT2D eigenvalue weighted by molar-refractivity contribution is -0.121. The van der Waals surface area contributed by atoms with Gasteiger partial charge in [-0.25, -0.2) is 4.98 Å². The summed E-state index contributed by atoms with van der Waals surface area (Å²) in [5.74, 6) is -0.769. The number of hydrogen-bond donors (Lipinski definition) is 3. The largest absolute Gasteiger partial charge is 0.357 e. The summed E-state index contributed by atoms with van der Waals surface area (Å²) in [5.41, 5.74) is 6.50. The molecular weight excluding hydrogens is 348 g/mol. The van der Waals surface area contributed by atoms with Crippen molar-refractivity contribution in [3.63, 3.8) is 0 Å². The first-order valence-corrected chi connectivity index (χ1v) is 8.31. The first-order valence-electron chi connectivity index (χ1n) is 7.05. The number of hydrazine groups is 1. The number of carbonyl (C=O) groups excluding carboxylic acids is 2. The number of rotatable bonds is 4. The van der Waals surface area contributed by atoms with Crippen molar-refractivity contribution in [2.24, 2.45) is 0 Å². The summed E-state index contributed by atoms with van der Waals surface area (Å²) in [6, 6.07) is 10.7. The molecule has 0 saturated heterocycles. The van der Waals surface area contributed by atoms with Gasteiger partial charge in [-0.1, -0.05) is 29.8 Å². The van der Waals surface area contributed by atoms with E-state index in [1.807, 2.05) is 18.2 Å². The molecule has 8 heteroatoms. The van der Waals surface area contributed by atoms with Crippen molar-refractivity contribution in [2.45, 2.75) is 6.42 Å². The normalized spacial score (nSPS) is 10.4. The molecular formula is C16H13ClN4O2S. The zero-order valence-electron chi connectivity index (χ0n) is 12.4. The Kier molecular flexibility index (Phi) is 4.93. The van der Waals surface area contributed by atoms with Gasteiger partial charge < -0.3 is 4.98 Å². The predicted molar refractivity (Wildman–Crippen MR) is 92.7 cm³/mol. The topological polar surface area (TPSA) is 86.9 Å². The Morgan fingerprint density at radius 3 is 2.75 bits per heavy atom. The second-order valence-electron chi connectivity index (χ2n) is 4.89. The highest BCUT2D eigenvalue weighted by molar-refractivity contribution is 7.13. The van der Waals surface area contributed by atoms with Crippen molar-refractivity contribution in [3.05, 3.63) is 64.4 Å². The zero-order valence-corrected chi connectivity index (χ0v) is 13.9. The summed E-state index contributed by atoms with van der Waals surface area (Å²) in [7, 11) is 0. The molecule has 0 bridgehead atoms. The maximum atomic E-state index is 11.9. The maximum absolute atomic E-state index is 11.9. The quantitative estimate of drug-likeness (QED) is 0.625. The highest BCUT2D eigenvalue weighted by Gasteiger charge is 2.12. The number of nitrogens with one attached hydrogen (secondary N) is 3. The fraction of sp³-hybridized carbons (Fsp3) is 0.0625. The van der Waals surface area contributed by atoms with Gasteiger partial charge in [-0.3, -0.25) is 20.4 Å². The molecule has 0 unspecified atom stereocenters. The maximum Gasteiger partial charge on any atom is 0.286 e. The minimum absolute atomic E-state index is 0.0615. The fourth-order valence-corrected chi connectivity index (χ4v) is 3.16. The summed E-state index contributed by atoms with van der Waals surface area (Å²) in [5, 5.41) is 3.16. The zero-order chi connectivity index (χ0) is 16.9. The van der Waals surface area contributed by atoms with Crippen LogP contribution in [-0.4, -0.2) is 21.8 Å². The number of H-pyrrole nitrogens is 1. The third-order valence-corrected chi connectivity index (χ3v) is 4.41. The van der Waals surface area contributed by atoms with Gasteiger partial charge in [-0.2, -0.15) is 0 Å². The molecule has 0 atom stereocenters. The average molecular weight is 361 g/mol. The minimum Gasteiger partial charge on any atom is -0.357 e. The van der Waals surface area contributed by atoms with E-state index < -0.39 is 5.91 Å². The van der Waals surface area contributed by atoms with E-state index in [1.54, 1.807) is 29.8 Å². The smallest absolute Gasteiger partial charge is 0.286 e. The van der Waals surface area contributed by atoms with Crippen LogP contribution in [0.5, 0.6) is 0 Å². The van der Waals surface area contributed by atoms with Crippen LogP contribution in [0.1, 0.15) is 16.2 Å². The van der Waals surface area contributed by atoms with Gasteiger partial charge in [-0.05, 0) is 18.2 Å². The SMILES string of the molecule is O=C(Cc1csc(-c2ccccc2Cl)n1)NNC(=O)c1ccc[nH]1. The van der Waals surface area contributed by atoms with E-state index in [4.69, 9.17) is 11.6 Å². The van der Waals surface area contributed by atoms with Gasteiger partial charge in [0, 0.05) is 17.1 Å². The molecule has 2 heterocycles. The number of halogens is 1. The first-order chi connectivity index (χ1) is 11.6. The Morgan fingerprint density at radius 1 is 1.17 bits per heavy atom. The molecule has 0 aliphatic heterocycles. The number of thiazole rings is 1. The lowest BCUT2D eigenvalue weighted by atomic mass is 10.2. The standard InChI is InChI=1S/C16H13ClN4O2S/c17-12-5-2-1-4-11(12)16-19-10(9-24-16)8-14(22)20-21-15(23)13-6-3-7-18-13/h1-7,9,18H,8H2,(H,20,22)(H,21,23). The van der Waals surface area contributed by atoms with Crippen molar-refractivity contribution in [1.82, 2.24) is 20.8 Å². The second kappa shape index (κ2) is 7.29. The molecule has 24 heavy (non-hydrogen) atoms. The number of aromatic amines is 1. The Morgan fingerprint density at radius 2 is 2.00 bits per heavy atom. The lowest BCUT2D eigenvalue weighted by Gasteiger charge is -2.05. The monoisotopic (exact) mass is 360 g/mol. The van der Waals surface area contributed by atoms with E-state index >= 15 is 0 Å². The molecule has 2 aromatic heterocycles. The molecule has 3 rings (SSSR count). The molecule has 0 fully saturated rings. The van der Waals surface area contributed by atoms with Crippen LogP contribution in [0, 0.1) is 0 Å². The second-order valence-corrected chi connectivity index (χ2v) is 6.15. The van der Waals surface area contributed by atoms with E-state index in [1.165, 1.54) is 11.3 Å². The van der Waals surface area contributed by atoms with E-state index in [0.29, 0.717) is 16.4 Å². The van der Waals surface area contributed by atoms with E-state index in [2.05, 4.69) is 20.8 Å². The Hall–Kier alpha value is -2.64. The Labute approximate surface area is 146 Å². The molecule has 3 aromatic rings. The molecule has 0 aliphatic carbocycles. The van der Waals surface area contributed by atoms with Gasteiger partial charge in [0.2, 0.25) is 5.91 Å². The molecule has 0 radical (unpaired) electrons. The van der Waals surface area contributed by atoms with Crippen LogP contribution in [0.2, 0.25) is 5.02 Å². The Bertz CT molecular complexity index is 861. The van der Waals surface area contributed by atoms with Crippen molar-refractivity contribution in [3.8, 4) is 10.6 Å². The van der Waals surface area contributed by atoms with Crippen LogP contribution in [0.3, 0.4) is 0 Å². The molecule has 6 nitrogen and oxygen atoms in total. The number of amides is 2. The van der Waals surface area contributed by atoms with Gasteiger partial charge in [0.25, 0.3) is 5.91 Å². The van der Waals surface area contributed by atoms with Crippen molar-refractivity contribution >= 4 is 34.8 Å². The van der Waals surface area contributed by atoms with Crippen molar-refractivity contribution in [2.75, 3.05) is 0 Å². The van der Waals surface area contributed by atoms with Gasteiger partial charge in [0.15, 0.2) is 0 Å². The summed E-state index contributed by atoms with van der Waals surface area (Å²) >= 11 is 7.56. The summed E-state index contributed by atoms with van der Waals surface area (Å²) < 4.78 is 0. The molecule has 3 N–H and O–H groups in total. The summed E-state index contributed by atoms with van der Waals surface area (Å²) in [4.78, 5) is 30.8. The van der Waals surface area contributed by atoms with Crippen LogP contribution in [0.15, 0.2) is 48.0 Å². The van der Waals surface area contributed by atoms with Crippen LogP contribution in [-0.2, 0) is 11.2 Å². The van der Waals surface area contributed by atoms with Gasteiger partial charge in [0.05, 0.1) is 17.1 Å². The average Bonchev–Trinajstić information content (AvgIpc) is 3.25. The van der Waals surface area contributed by atoms with E-state index in [0.717, 1.165) is 10.6 Å². The van der Waals surface area contributed by atoms with E-state index in [9.17, 15) is 9.59 Å². The van der Waals surface area contributed by atoms with Crippen LogP contribution in [0.4, 0.5) is 0 Å². The van der Waals surface area contributed by atoms with Crippen molar-refractivity contribution < 1.29 is 9.59 Å². The highest BCUT2D eigenvalue weighted by Crippen LogP contribution is 2.30. The number of benzene rings is 1. The predicted octanol–water partition coefficient (Wildman–Crippen LogP) is 2.80. The lowest BCUT2D eigenvalue weighted by Crippen LogP contribution is -2.42. The number of nitrogens with zero attached hydrogens (tertiary/aromatic N) is 1. The molecule has 2 amide bonds. The summed E-state index contributed by atoms with van der Waals surface area (Å²) in [6.07, 6.45) is 1.69. The number of hydrogen-bond acceptors (Lipinski definition) is 4. The number of carbonyl (C=O) groups is 2. The van der Waals surface area contributed by atoms with Gasteiger partial charge >= 0.3 is 0 Å². The fourth-order valence-electron chi connectivity index (χ4n) is 2.02. The molecule has 0 aliphatic rings. The minimum atomic E-state index is -0.414. The first kappa shape index (κ1) is 16.2. The molecule has 0 spiro atoms. The van der Waals surface area contributed by atoms with Gasteiger partial charge in [0.1, 0.15) is 10.7 Å². The van der Waals surface area contributed by atoms with Crippen LogP contribution in [0.25, 0.3) is 10.6 Å². The van der Waals surface area contributed by atoms with Gasteiger partial charge in [-0.15, -0.1) is 11.3 Å².